The molecule has 0 atom stereocenters. The highest BCUT2D eigenvalue weighted by Gasteiger charge is 2.06. The highest BCUT2D eigenvalue weighted by atomic mass is 15.0. The molecule has 3 N–H and O–H groups in total. The van der Waals surface area contributed by atoms with Crippen LogP contribution in [0, 0.1) is 0 Å². The number of fused-ring (bicyclic) bond motifs is 1. The molecule has 0 radical (unpaired) electrons. The van der Waals surface area contributed by atoms with E-state index < -0.39 is 0 Å². The van der Waals surface area contributed by atoms with Crippen LogP contribution in [0.3, 0.4) is 0 Å². The molecule has 3 aromatic rings. The number of nitrogens with one attached hydrogen (secondary N) is 3. The lowest BCUT2D eigenvalue weighted by atomic mass is 10.2. The molecule has 0 fully saturated rings. The SMILES string of the molecule is CNc1ccc(-c2nc3nc(NC)ccc3[nH]2)cc1. The van der Waals surface area contributed by atoms with Gasteiger partial charge < -0.3 is 15.6 Å². The standard InChI is InChI=1S/C14H15N5/c1-15-10-5-3-9(4-6-10)13-17-11-7-8-12(16-2)18-14(11)19-13/h3-8,15H,1-2H3,(H2,16,17,18,19). The highest BCUT2D eigenvalue weighted by molar-refractivity contribution is 5.77. The Morgan fingerprint density at radius 1 is 0.895 bits per heavy atom. The first-order valence-corrected chi connectivity index (χ1v) is 6.13. The van der Waals surface area contributed by atoms with Crippen LogP contribution in [0.5, 0.6) is 0 Å². The summed E-state index contributed by atoms with van der Waals surface area (Å²) >= 11 is 0. The third-order valence-electron chi connectivity index (χ3n) is 3.05. The van der Waals surface area contributed by atoms with E-state index >= 15 is 0 Å². The second kappa shape index (κ2) is 4.61. The van der Waals surface area contributed by atoms with Crippen LogP contribution in [0.25, 0.3) is 22.6 Å². The van der Waals surface area contributed by atoms with Crippen molar-refractivity contribution < 1.29 is 0 Å². The van der Waals surface area contributed by atoms with E-state index in [0.717, 1.165) is 34.1 Å². The quantitative estimate of drug-likeness (QED) is 0.671. The third kappa shape index (κ3) is 2.10. The predicted molar refractivity (Wildman–Crippen MR) is 78.4 cm³/mol. The number of aromatic nitrogens is 3. The van der Waals surface area contributed by atoms with E-state index in [4.69, 9.17) is 0 Å². The molecule has 0 spiro atoms. The monoisotopic (exact) mass is 253 g/mol. The average molecular weight is 253 g/mol. The smallest absolute Gasteiger partial charge is 0.180 e. The molecule has 0 aliphatic carbocycles. The number of rotatable bonds is 3. The zero-order chi connectivity index (χ0) is 13.2. The molecule has 0 unspecified atom stereocenters. The number of nitrogens with zero attached hydrogens (tertiary/aromatic N) is 2. The first kappa shape index (κ1) is 11.5. The fourth-order valence-electron chi connectivity index (χ4n) is 1.96. The van der Waals surface area contributed by atoms with E-state index in [0.29, 0.717) is 0 Å². The van der Waals surface area contributed by atoms with Gasteiger partial charge in [0.1, 0.15) is 11.6 Å². The Morgan fingerprint density at radius 3 is 2.37 bits per heavy atom. The van der Waals surface area contributed by atoms with E-state index in [9.17, 15) is 0 Å². The summed E-state index contributed by atoms with van der Waals surface area (Å²) in [4.78, 5) is 12.2. The normalized spacial score (nSPS) is 10.6. The van der Waals surface area contributed by atoms with Crippen molar-refractivity contribution in [1.29, 1.82) is 0 Å². The van der Waals surface area contributed by atoms with Crippen molar-refractivity contribution >= 4 is 22.7 Å². The molecule has 0 saturated heterocycles. The minimum Gasteiger partial charge on any atom is -0.388 e. The predicted octanol–water partition coefficient (Wildman–Crippen LogP) is 2.71. The highest BCUT2D eigenvalue weighted by Crippen LogP contribution is 2.21. The Labute approximate surface area is 111 Å². The Hall–Kier alpha value is -2.56. The lowest BCUT2D eigenvalue weighted by Gasteiger charge is -2.00. The van der Waals surface area contributed by atoms with Crippen LogP contribution >= 0.6 is 0 Å². The Morgan fingerprint density at radius 2 is 1.68 bits per heavy atom. The molecule has 0 bridgehead atoms. The summed E-state index contributed by atoms with van der Waals surface area (Å²) in [5.74, 6) is 1.65. The average Bonchev–Trinajstić information content (AvgIpc) is 2.90. The molecular formula is C14H15N5. The van der Waals surface area contributed by atoms with Gasteiger partial charge >= 0.3 is 0 Å². The van der Waals surface area contributed by atoms with Gasteiger partial charge in [0.2, 0.25) is 0 Å². The lowest BCUT2D eigenvalue weighted by Crippen LogP contribution is -1.91. The summed E-state index contributed by atoms with van der Waals surface area (Å²) in [6.07, 6.45) is 0. The van der Waals surface area contributed by atoms with E-state index in [1.54, 1.807) is 0 Å². The number of H-pyrrole nitrogens is 1. The van der Waals surface area contributed by atoms with Crippen molar-refractivity contribution in [2.45, 2.75) is 0 Å². The molecule has 3 rings (SSSR count). The van der Waals surface area contributed by atoms with Crippen LogP contribution in [-0.4, -0.2) is 29.0 Å². The van der Waals surface area contributed by atoms with Crippen molar-refractivity contribution in [3.8, 4) is 11.4 Å². The maximum absolute atomic E-state index is 4.52. The van der Waals surface area contributed by atoms with Crippen molar-refractivity contribution in [3.05, 3.63) is 36.4 Å². The van der Waals surface area contributed by atoms with Crippen molar-refractivity contribution in [2.75, 3.05) is 24.7 Å². The largest absolute Gasteiger partial charge is 0.388 e. The van der Waals surface area contributed by atoms with Crippen LogP contribution < -0.4 is 10.6 Å². The molecule has 0 aliphatic heterocycles. The van der Waals surface area contributed by atoms with Crippen molar-refractivity contribution in [1.82, 2.24) is 15.0 Å². The van der Waals surface area contributed by atoms with Crippen LogP contribution in [0.4, 0.5) is 11.5 Å². The second-order valence-electron chi connectivity index (χ2n) is 4.23. The molecule has 96 valence electrons. The summed E-state index contributed by atoms with van der Waals surface area (Å²) in [6.45, 7) is 0. The Kier molecular flexibility index (Phi) is 2.79. The Balaban J connectivity index is 2.04. The summed E-state index contributed by atoms with van der Waals surface area (Å²) in [5, 5.41) is 6.11. The molecule has 0 saturated carbocycles. The van der Waals surface area contributed by atoms with Gasteiger partial charge in [-0.1, -0.05) is 0 Å². The van der Waals surface area contributed by atoms with Crippen LogP contribution in [0.2, 0.25) is 0 Å². The van der Waals surface area contributed by atoms with Gasteiger partial charge in [0.05, 0.1) is 5.52 Å². The summed E-state index contributed by atoms with van der Waals surface area (Å²) < 4.78 is 0. The fourth-order valence-corrected chi connectivity index (χ4v) is 1.96. The number of aromatic amines is 1. The topological polar surface area (TPSA) is 65.6 Å². The molecule has 0 amide bonds. The van der Waals surface area contributed by atoms with E-state index in [2.05, 4.69) is 25.6 Å². The number of imidazole rings is 1. The first-order chi connectivity index (χ1) is 9.30. The van der Waals surface area contributed by atoms with Crippen molar-refractivity contribution in [3.63, 3.8) is 0 Å². The lowest BCUT2D eigenvalue weighted by molar-refractivity contribution is 1.28. The fraction of sp³-hybridized carbons (Fsp3) is 0.143. The molecule has 0 aliphatic rings. The maximum atomic E-state index is 4.52. The van der Waals surface area contributed by atoms with Gasteiger partial charge in [-0.15, -0.1) is 0 Å². The number of pyridine rings is 1. The number of anilines is 2. The molecule has 2 heterocycles. The third-order valence-corrected chi connectivity index (χ3v) is 3.05. The van der Waals surface area contributed by atoms with Gasteiger partial charge in [-0.05, 0) is 36.4 Å². The minimum absolute atomic E-state index is 0.722. The molecule has 5 heteroatoms. The van der Waals surface area contributed by atoms with Gasteiger partial charge in [0, 0.05) is 25.3 Å². The van der Waals surface area contributed by atoms with Crippen LogP contribution in [-0.2, 0) is 0 Å². The zero-order valence-electron chi connectivity index (χ0n) is 10.9. The maximum Gasteiger partial charge on any atom is 0.180 e. The van der Waals surface area contributed by atoms with Gasteiger partial charge in [-0.2, -0.15) is 0 Å². The van der Waals surface area contributed by atoms with Crippen LogP contribution in [0.1, 0.15) is 0 Å². The summed E-state index contributed by atoms with van der Waals surface area (Å²) in [6, 6.07) is 12.0. The molecule has 19 heavy (non-hydrogen) atoms. The van der Waals surface area contributed by atoms with Gasteiger partial charge in [-0.25, -0.2) is 9.97 Å². The summed E-state index contributed by atoms with van der Waals surface area (Å²) in [5.41, 5.74) is 3.78. The number of benzene rings is 1. The van der Waals surface area contributed by atoms with E-state index in [1.807, 2.05) is 50.5 Å². The zero-order valence-corrected chi connectivity index (χ0v) is 10.9. The van der Waals surface area contributed by atoms with Gasteiger partial charge in [0.25, 0.3) is 0 Å². The van der Waals surface area contributed by atoms with E-state index in [-0.39, 0.29) is 0 Å². The molecule has 2 aromatic heterocycles. The molecule has 1 aromatic carbocycles. The summed E-state index contributed by atoms with van der Waals surface area (Å²) in [7, 11) is 3.75. The van der Waals surface area contributed by atoms with Gasteiger partial charge in [0.15, 0.2) is 5.65 Å². The van der Waals surface area contributed by atoms with E-state index in [1.165, 1.54) is 0 Å². The molecule has 5 nitrogen and oxygen atoms in total. The molecular weight excluding hydrogens is 238 g/mol. The van der Waals surface area contributed by atoms with Gasteiger partial charge in [-0.3, -0.25) is 0 Å². The van der Waals surface area contributed by atoms with Crippen molar-refractivity contribution in [2.24, 2.45) is 0 Å². The second-order valence-corrected chi connectivity index (χ2v) is 4.23. The number of hydrogen-bond acceptors (Lipinski definition) is 4. The first-order valence-electron chi connectivity index (χ1n) is 6.13. The minimum atomic E-state index is 0.722. The van der Waals surface area contributed by atoms with Crippen LogP contribution in [0.15, 0.2) is 36.4 Å². The number of hydrogen-bond donors (Lipinski definition) is 3. The Bertz CT molecular complexity index is 699.